The molecule has 1 heterocycles. The molecule has 0 aliphatic rings. The van der Waals surface area contributed by atoms with Crippen molar-refractivity contribution in [3.05, 3.63) is 18.2 Å². The number of nitrogens with zero attached hydrogens (tertiary/aromatic N) is 2. The summed E-state index contributed by atoms with van der Waals surface area (Å²) in [6.45, 7) is -2.83. The van der Waals surface area contributed by atoms with Gasteiger partial charge in [0, 0.05) is 7.04 Å². The van der Waals surface area contributed by atoms with Gasteiger partial charge in [0.2, 0.25) is 0 Å². The number of ether oxygens (including phenoxy) is 1. The highest BCUT2D eigenvalue weighted by molar-refractivity contribution is 5.29. The smallest absolute Gasteiger partial charge is 0.153 e. The predicted molar refractivity (Wildman–Crippen MR) is 37.2 cm³/mol. The average molecular weight is 146 g/mol. The van der Waals surface area contributed by atoms with Gasteiger partial charge in [0.1, 0.15) is 6.56 Å². The van der Waals surface area contributed by atoms with E-state index in [1.54, 1.807) is 0 Å². The third-order valence-electron chi connectivity index (χ3n) is 0.707. The van der Waals surface area contributed by atoms with Crippen LogP contribution in [-0.4, -0.2) is 17.0 Å². The first-order chi connectivity index (χ1) is 7.53. The number of anilines is 1. The second-order valence-corrected chi connectivity index (χ2v) is 1.39. The minimum atomic E-state index is -2.99. The highest BCUT2D eigenvalue weighted by atomic mass is 16.5. The Balaban J connectivity index is 3.16. The van der Waals surface area contributed by atoms with E-state index in [9.17, 15) is 0 Å². The SMILES string of the molecule is [2H]c1nc(C([2H])([2H])OC([2H])([2H])[2H])nc([2H])c1N. The van der Waals surface area contributed by atoms with Gasteiger partial charge in [-0.25, -0.2) is 9.97 Å². The van der Waals surface area contributed by atoms with Crippen LogP contribution < -0.4 is 5.73 Å². The third-order valence-corrected chi connectivity index (χ3v) is 0.707. The van der Waals surface area contributed by atoms with Crippen molar-refractivity contribution in [2.45, 2.75) is 6.56 Å². The molecule has 0 radical (unpaired) electrons. The minimum absolute atomic E-state index is 0.321. The van der Waals surface area contributed by atoms with Crippen molar-refractivity contribution in [3.63, 3.8) is 0 Å². The van der Waals surface area contributed by atoms with Crippen molar-refractivity contribution < 1.29 is 14.3 Å². The number of methoxy groups -OCH3 is 1. The van der Waals surface area contributed by atoms with E-state index in [4.69, 9.17) is 15.3 Å². The molecule has 10 heavy (non-hydrogen) atoms. The van der Waals surface area contributed by atoms with Crippen LogP contribution >= 0.6 is 0 Å². The van der Waals surface area contributed by atoms with Crippen LogP contribution in [0.4, 0.5) is 5.69 Å². The molecule has 0 aliphatic heterocycles. The van der Waals surface area contributed by atoms with Crippen molar-refractivity contribution in [2.24, 2.45) is 0 Å². The van der Waals surface area contributed by atoms with Crippen LogP contribution in [0.5, 0.6) is 0 Å². The maximum Gasteiger partial charge on any atom is 0.153 e. The summed E-state index contributed by atoms with van der Waals surface area (Å²) in [5, 5.41) is 0. The molecule has 0 fully saturated rings. The summed E-state index contributed by atoms with van der Waals surface area (Å²) in [7, 11) is -2.99. The van der Waals surface area contributed by atoms with Crippen LogP contribution in [0.2, 0.25) is 0 Å². The molecular weight excluding hydrogens is 130 g/mol. The van der Waals surface area contributed by atoms with E-state index >= 15 is 0 Å². The molecule has 0 aromatic carbocycles. The highest BCUT2D eigenvalue weighted by Gasteiger charge is 1.91. The number of aromatic nitrogens is 2. The predicted octanol–water partition coefficient (Wildman–Crippen LogP) is 0.205. The van der Waals surface area contributed by atoms with E-state index in [1.165, 1.54) is 0 Å². The van der Waals surface area contributed by atoms with Crippen molar-refractivity contribution in [1.82, 2.24) is 9.97 Å². The molecule has 1 aromatic heterocycles. The van der Waals surface area contributed by atoms with Crippen LogP contribution in [0.3, 0.4) is 0 Å². The zero-order valence-electron chi connectivity index (χ0n) is 11.9. The van der Waals surface area contributed by atoms with Crippen molar-refractivity contribution in [1.29, 1.82) is 0 Å². The molecule has 0 saturated carbocycles. The number of rotatable bonds is 2. The molecule has 4 nitrogen and oxygen atoms in total. The lowest BCUT2D eigenvalue weighted by Gasteiger charge is -1.96. The van der Waals surface area contributed by atoms with E-state index < -0.39 is 31.8 Å². The lowest BCUT2D eigenvalue weighted by Crippen LogP contribution is -1.97. The second kappa shape index (κ2) is 3.12. The van der Waals surface area contributed by atoms with Gasteiger partial charge in [-0.1, -0.05) is 0 Å². The van der Waals surface area contributed by atoms with Gasteiger partial charge in [0.05, 0.1) is 27.6 Å². The van der Waals surface area contributed by atoms with Crippen LogP contribution in [-0.2, 0) is 11.3 Å². The molecule has 0 unspecified atom stereocenters. The highest BCUT2D eigenvalue weighted by Crippen LogP contribution is 1.96. The first kappa shape index (κ1) is 2.17. The van der Waals surface area contributed by atoms with Gasteiger partial charge in [-0.3, -0.25) is 0 Å². The van der Waals surface area contributed by atoms with Gasteiger partial charge >= 0.3 is 0 Å². The molecule has 0 spiro atoms. The summed E-state index contributed by atoms with van der Waals surface area (Å²) in [5.74, 6) is -0.724. The van der Waals surface area contributed by atoms with Crippen LogP contribution in [0.25, 0.3) is 0 Å². The standard InChI is InChI=1S/C6H9N3O/c1-10-4-6-8-2-5(7)3-9-6/h2-3H,4,7H2,1H3/i1D3,2D,3D,4D2. The van der Waals surface area contributed by atoms with Crippen molar-refractivity contribution >= 4 is 5.69 Å². The Bertz CT molecular complexity index is 409. The number of hydrogen-bond donors (Lipinski definition) is 1. The Labute approximate surface area is 68.9 Å². The zero-order chi connectivity index (χ0) is 13.4. The Morgan fingerprint density at radius 1 is 1.90 bits per heavy atom. The maximum atomic E-state index is 7.34. The fourth-order valence-electron chi connectivity index (χ4n) is 0.368. The van der Waals surface area contributed by atoms with Crippen LogP contribution in [0.1, 0.15) is 15.4 Å². The third kappa shape index (κ3) is 1.66. The monoisotopic (exact) mass is 146 g/mol. The van der Waals surface area contributed by atoms with Crippen molar-refractivity contribution in [2.75, 3.05) is 12.8 Å². The van der Waals surface area contributed by atoms with Crippen LogP contribution in [0, 0.1) is 0 Å². The fraction of sp³-hybridized carbons (Fsp3) is 0.333. The molecule has 4 heteroatoms. The molecule has 0 saturated heterocycles. The van der Waals surface area contributed by atoms with Gasteiger partial charge in [-0.15, -0.1) is 0 Å². The quantitative estimate of drug-likeness (QED) is 0.647. The Hall–Kier alpha value is -1.16. The molecule has 0 atom stereocenters. The molecule has 0 amide bonds. The molecule has 1 rings (SSSR count). The second-order valence-electron chi connectivity index (χ2n) is 1.39. The molecule has 54 valence electrons. The van der Waals surface area contributed by atoms with Gasteiger partial charge in [0.15, 0.2) is 5.82 Å². The Morgan fingerprint density at radius 3 is 3.20 bits per heavy atom. The Kier molecular flexibility index (Phi) is 0.676. The molecule has 2 N–H and O–H groups in total. The molecule has 0 bridgehead atoms. The molecular formula is C6H9N3O. The zero-order valence-corrected chi connectivity index (χ0v) is 4.88. The minimum Gasteiger partial charge on any atom is -0.396 e. The molecule has 0 aliphatic carbocycles. The van der Waals surface area contributed by atoms with E-state index in [-0.39, 0.29) is 5.69 Å². The summed E-state index contributed by atoms with van der Waals surface area (Å²) in [6.07, 6.45) is -1.11. The lowest BCUT2D eigenvalue weighted by atomic mass is 10.5. The van der Waals surface area contributed by atoms with E-state index in [1.807, 2.05) is 0 Å². The van der Waals surface area contributed by atoms with Crippen molar-refractivity contribution in [3.8, 4) is 0 Å². The number of hydrogen-bond acceptors (Lipinski definition) is 4. The summed E-state index contributed by atoms with van der Waals surface area (Å²) < 4.78 is 53.7. The van der Waals surface area contributed by atoms with E-state index in [0.29, 0.717) is 0 Å². The topological polar surface area (TPSA) is 61.0 Å². The molecule has 1 aromatic rings. The first-order valence-electron chi connectivity index (χ1n) is 5.84. The normalized spacial score (nSPS) is 22.6. The van der Waals surface area contributed by atoms with Gasteiger partial charge in [-0.2, -0.15) is 0 Å². The maximum absolute atomic E-state index is 7.34. The summed E-state index contributed by atoms with van der Waals surface area (Å²) >= 11 is 0. The Morgan fingerprint density at radius 2 is 2.60 bits per heavy atom. The summed E-state index contributed by atoms with van der Waals surface area (Å²) in [6, 6.07) is 0. The van der Waals surface area contributed by atoms with E-state index in [0.717, 1.165) is 0 Å². The fourth-order valence-corrected chi connectivity index (χ4v) is 0.368. The lowest BCUT2D eigenvalue weighted by molar-refractivity contribution is 0.178. The van der Waals surface area contributed by atoms with Gasteiger partial charge in [-0.05, 0) is 0 Å². The summed E-state index contributed by atoms with van der Waals surface area (Å²) in [5.41, 5.74) is 4.93. The first-order valence-corrected chi connectivity index (χ1v) is 2.34. The van der Waals surface area contributed by atoms with Crippen LogP contribution in [0.15, 0.2) is 12.3 Å². The number of nitrogen functional groups attached to an aromatic ring is 1. The average Bonchev–Trinajstić information content (AvgIpc) is 2.09. The van der Waals surface area contributed by atoms with Gasteiger partial charge in [0.25, 0.3) is 0 Å². The van der Waals surface area contributed by atoms with Gasteiger partial charge < -0.3 is 10.5 Å². The summed E-state index contributed by atoms with van der Waals surface area (Å²) in [4.78, 5) is 6.70. The van der Waals surface area contributed by atoms with E-state index in [2.05, 4.69) is 14.7 Å². The number of nitrogens with two attached hydrogens (primary N) is 1. The largest absolute Gasteiger partial charge is 0.396 e.